The molecule has 22 heavy (non-hydrogen) atoms. The Morgan fingerprint density at radius 1 is 1.32 bits per heavy atom. The molecule has 1 aromatic carbocycles. The molecule has 0 radical (unpaired) electrons. The average molecular weight is 304 g/mol. The van der Waals surface area contributed by atoms with Gasteiger partial charge < -0.3 is 20.1 Å². The molecule has 5 nitrogen and oxygen atoms in total. The number of hydrogen-bond donors (Lipinski definition) is 1. The van der Waals surface area contributed by atoms with Crippen molar-refractivity contribution in [2.75, 3.05) is 20.8 Å². The van der Waals surface area contributed by atoms with E-state index >= 15 is 0 Å². The highest BCUT2D eigenvalue weighted by molar-refractivity contribution is 5.82. The first kappa shape index (κ1) is 17.8. The Hall–Kier alpha value is -2.27. The highest BCUT2D eigenvalue weighted by Crippen LogP contribution is 2.26. The zero-order valence-electron chi connectivity index (χ0n) is 13.2. The van der Waals surface area contributed by atoms with Gasteiger partial charge in [0.05, 0.1) is 20.3 Å². The van der Waals surface area contributed by atoms with Gasteiger partial charge >= 0.3 is 0 Å². The molecule has 2 N–H and O–H groups in total. The van der Waals surface area contributed by atoms with Crippen LogP contribution in [0.25, 0.3) is 0 Å². The van der Waals surface area contributed by atoms with Crippen LogP contribution in [0.1, 0.15) is 12.0 Å². The lowest BCUT2D eigenvalue weighted by Crippen LogP contribution is -2.43. The second kappa shape index (κ2) is 8.89. The van der Waals surface area contributed by atoms with Crippen LogP contribution in [0.4, 0.5) is 0 Å². The Morgan fingerprint density at radius 2 is 2.05 bits per heavy atom. The van der Waals surface area contributed by atoms with Gasteiger partial charge in [-0.3, -0.25) is 4.79 Å². The van der Waals surface area contributed by atoms with Crippen molar-refractivity contribution in [1.82, 2.24) is 4.90 Å². The molecule has 0 spiro atoms. The Kier molecular flexibility index (Phi) is 7.19. The molecule has 5 heteroatoms. The second-order valence-corrected chi connectivity index (χ2v) is 4.82. The Balaban J connectivity index is 2.97. The Bertz CT molecular complexity index is 529. The first-order chi connectivity index (χ1) is 10.6. The van der Waals surface area contributed by atoms with E-state index in [1.165, 1.54) is 0 Å². The minimum absolute atomic E-state index is 0.141. The standard InChI is InChI=1S/C17H24N2O3/c1-5-7-15(18)17(20)19(10-6-2)12-13-8-9-14(21-3)11-16(13)22-4/h5-6,8-9,11,15H,1-2,7,10,12,18H2,3-4H3. The molecular formula is C17H24N2O3. The summed E-state index contributed by atoms with van der Waals surface area (Å²) in [7, 11) is 3.18. The van der Waals surface area contributed by atoms with Crippen molar-refractivity contribution >= 4 is 5.91 Å². The maximum absolute atomic E-state index is 12.4. The van der Waals surface area contributed by atoms with Crippen LogP contribution in [0, 0.1) is 0 Å². The van der Waals surface area contributed by atoms with Gasteiger partial charge in [-0.05, 0) is 18.6 Å². The van der Waals surface area contributed by atoms with Crippen molar-refractivity contribution in [3.63, 3.8) is 0 Å². The van der Waals surface area contributed by atoms with E-state index in [4.69, 9.17) is 15.2 Å². The van der Waals surface area contributed by atoms with Crippen LogP contribution in [0.5, 0.6) is 11.5 Å². The number of methoxy groups -OCH3 is 2. The maximum atomic E-state index is 12.4. The van der Waals surface area contributed by atoms with Crippen LogP contribution >= 0.6 is 0 Å². The molecule has 0 aliphatic carbocycles. The van der Waals surface area contributed by atoms with Crippen LogP contribution in [-0.4, -0.2) is 37.6 Å². The number of ether oxygens (including phenoxy) is 2. The fourth-order valence-electron chi connectivity index (χ4n) is 2.09. The quantitative estimate of drug-likeness (QED) is 0.710. The molecule has 1 unspecified atom stereocenters. The van der Waals surface area contributed by atoms with Crippen LogP contribution < -0.4 is 15.2 Å². The predicted molar refractivity (Wildman–Crippen MR) is 87.9 cm³/mol. The number of carbonyl (C=O) groups is 1. The van der Waals surface area contributed by atoms with Gasteiger partial charge in [0, 0.05) is 24.7 Å². The SMILES string of the molecule is C=CCC(N)C(=O)N(CC=C)Cc1ccc(OC)cc1OC. The molecule has 1 aromatic rings. The molecule has 0 saturated carbocycles. The zero-order valence-corrected chi connectivity index (χ0v) is 13.2. The largest absolute Gasteiger partial charge is 0.497 e. The van der Waals surface area contributed by atoms with Crippen LogP contribution in [0.2, 0.25) is 0 Å². The summed E-state index contributed by atoms with van der Waals surface area (Å²) in [5.74, 6) is 1.22. The van der Waals surface area contributed by atoms with E-state index in [1.807, 2.05) is 12.1 Å². The van der Waals surface area contributed by atoms with Crippen LogP contribution in [0.3, 0.4) is 0 Å². The number of hydrogen-bond acceptors (Lipinski definition) is 4. The number of rotatable bonds is 9. The highest BCUT2D eigenvalue weighted by Gasteiger charge is 2.20. The van der Waals surface area contributed by atoms with Crippen LogP contribution in [-0.2, 0) is 11.3 Å². The van der Waals surface area contributed by atoms with E-state index in [9.17, 15) is 4.79 Å². The molecule has 0 aliphatic heterocycles. The van der Waals surface area contributed by atoms with Gasteiger partial charge in [-0.25, -0.2) is 0 Å². The predicted octanol–water partition coefficient (Wildman–Crippen LogP) is 2.12. The third-order valence-corrected chi connectivity index (χ3v) is 3.25. The summed E-state index contributed by atoms with van der Waals surface area (Å²) in [6.45, 7) is 8.11. The van der Waals surface area contributed by atoms with Crippen molar-refractivity contribution in [3.8, 4) is 11.5 Å². The first-order valence-electron chi connectivity index (χ1n) is 7.04. The molecule has 0 aromatic heterocycles. The lowest BCUT2D eigenvalue weighted by atomic mass is 10.1. The number of carbonyl (C=O) groups excluding carboxylic acids is 1. The average Bonchev–Trinajstić information content (AvgIpc) is 2.54. The molecule has 1 atom stereocenters. The molecular weight excluding hydrogens is 280 g/mol. The Labute approximate surface area is 132 Å². The third-order valence-electron chi connectivity index (χ3n) is 3.25. The summed E-state index contributed by atoms with van der Waals surface area (Å²) >= 11 is 0. The van der Waals surface area contributed by atoms with Gasteiger partial charge in [-0.1, -0.05) is 12.2 Å². The van der Waals surface area contributed by atoms with Gasteiger partial charge in [0.15, 0.2) is 0 Å². The number of nitrogens with zero attached hydrogens (tertiary/aromatic N) is 1. The number of amides is 1. The monoisotopic (exact) mass is 304 g/mol. The molecule has 0 fully saturated rings. The molecule has 0 heterocycles. The topological polar surface area (TPSA) is 64.8 Å². The lowest BCUT2D eigenvalue weighted by Gasteiger charge is -2.25. The van der Waals surface area contributed by atoms with Gasteiger partial charge in [0.25, 0.3) is 0 Å². The minimum Gasteiger partial charge on any atom is -0.497 e. The van der Waals surface area contributed by atoms with E-state index in [2.05, 4.69) is 13.2 Å². The van der Waals surface area contributed by atoms with E-state index in [1.54, 1.807) is 37.3 Å². The van der Waals surface area contributed by atoms with Gasteiger partial charge in [-0.2, -0.15) is 0 Å². The van der Waals surface area contributed by atoms with Gasteiger partial charge in [0.1, 0.15) is 11.5 Å². The molecule has 1 rings (SSSR count). The van der Waals surface area contributed by atoms with Crippen molar-refractivity contribution in [2.45, 2.75) is 19.0 Å². The van der Waals surface area contributed by atoms with E-state index in [0.29, 0.717) is 31.0 Å². The van der Waals surface area contributed by atoms with Crippen LogP contribution in [0.15, 0.2) is 43.5 Å². The first-order valence-corrected chi connectivity index (χ1v) is 7.04. The second-order valence-electron chi connectivity index (χ2n) is 4.82. The Morgan fingerprint density at radius 3 is 2.59 bits per heavy atom. The van der Waals surface area contributed by atoms with E-state index in [-0.39, 0.29) is 5.91 Å². The normalized spacial score (nSPS) is 11.4. The summed E-state index contributed by atoms with van der Waals surface area (Å²) in [5.41, 5.74) is 6.76. The summed E-state index contributed by atoms with van der Waals surface area (Å²) in [6, 6.07) is 4.90. The van der Waals surface area contributed by atoms with Crippen molar-refractivity contribution < 1.29 is 14.3 Å². The fourth-order valence-corrected chi connectivity index (χ4v) is 2.09. The summed E-state index contributed by atoms with van der Waals surface area (Å²) in [5, 5.41) is 0. The van der Waals surface area contributed by atoms with Gasteiger partial charge in [-0.15, -0.1) is 13.2 Å². The highest BCUT2D eigenvalue weighted by atomic mass is 16.5. The van der Waals surface area contributed by atoms with E-state index in [0.717, 1.165) is 5.56 Å². The lowest BCUT2D eigenvalue weighted by molar-refractivity contribution is -0.132. The molecule has 1 amide bonds. The third kappa shape index (κ3) is 4.63. The molecule has 120 valence electrons. The van der Waals surface area contributed by atoms with Crippen molar-refractivity contribution in [2.24, 2.45) is 5.73 Å². The summed E-state index contributed by atoms with van der Waals surface area (Å²) < 4.78 is 10.5. The molecule has 0 aliphatic rings. The van der Waals surface area contributed by atoms with Crippen molar-refractivity contribution in [1.29, 1.82) is 0 Å². The van der Waals surface area contributed by atoms with Crippen molar-refractivity contribution in [3.05, 3.63) is 49.1 Å². The summed E-state index contributed by atoms with van der Waals surface area (Å²) in [4.78, 5) is 14.0. The van der Waals surface area contributed by atoms with E-state index < -0.39 is 6.04 Å². The summed E-state index contributed by atoms with van der Waals surface area (Å²) in [6.07, 6.45) is 3.75. The smallest absolute Gasteiger partial charge is 0.240 e. The molecule has 0 saturated heterocycles. The minimum atomic E-state index is -0.596. The number of nitrogens with two attached hydrogens (primary N) is 1. The zero-order chi connectivity index (χ0) is 16.5. The fraction of sp³-hybridized carbons (Fsp3) is 0.353. The van der Waals surface area contributed by atoms with Gasteiger partial charge in [0.2, 0.25) is 5.91 Å². The number of benzene rings is 1. The maximum Gasteiger partial charge on any atom is 0.240 e. The molecule has 0 bridgehead atoms.